The summed E-state index contributed by atoms with van der Waals surface area (Å²) in [5.74, 6) is 0.144. The Hall–Kier alpha value is -1.66. The highest BCUT2D eigenvalue weighted by Gasteiger charge is 2.30. The molecular weight excluding hydrogens is 322 g/mol. The third kappa shape index (κ3) is 4.24. The first kappa shape index (κ1) is 17.2. The minimum absolute atomic E-state index is 0.144. The van der Waals surface area contributed by atoms with Gasteiger partial charge in [0.1, 0.15) is 6.10 Å². The maximum Gasteiger partial charge on any atom is 0.251 e. The summed E-state index contributed by atoms with van der Waals surface area (Å²) in [5, 5.41) is 4.08. The zero-order chi connectivity index (χ0) is 16.9. The second-order valence-electron chi connectivity index (χ2n) is 6.46. The molecule has 0 aromatic heterocycles. The van der Waals surface area contributed by atoms with Crippen LogP contribution in [0.25, 0.3) is 0 Å². The zero-order valence-corrected chi connectivity index (χ0v) is 15.0. The van der Waals surface area contributed by atoms with Gasteiger partial charge in [0.15, 0.2) is 5.11 Å². The van der Waals surface area contributed by atoms with Gasteiger partial charge >= 0.3 is 0 Å². The smallest absolute Gasteiger partial charge is 0.251 e. The van der Waals surface area contributed by atoms with Crippen molar-refractivity contribution in [2.75, 3.05) is 32.8 Å². The van der Waals surface area contributed by atoms with E-state index in [4.69, 9.17) is 17.0 Å². The van der Waals surface area contributed by atoms with Crippen LogP contribution in [0.1, 0.15) is 24.0 Å². The number of hydrogen-bond donors (Lipinski definition) is 1. The summed E-state index contributed by atoms with van der Waals surface area (Å²) in [6, 6.07) is 8.44. The molecule has 2 aliphatic heterocycles. The van der Waals surface area contributed by atoms with Crippen molar-refractivity contribution in [3.8, 4) is 0 Å². The van der Waals surface area contributed by atoms with Gasteiger partial charge in [0.05, 0.1) is 0 Å². The van der Waals surface area contributed by atoms with Gasteiger partial charge in [0.25, 0.3) is 5.91 Å². The number of nitrogens with zero attached hydrogens (tertiary/aromatic N) is 2. The van der Waals surface area contributed by atoms with Crippen LogP contribution < -0.4 is 5.32 Å². The summed E-state index contributed by atoms with van der Waals surface area (Å²) < 4.78 is 5.50. The number of carbonyl (C=O) groups excluding carboxylic acids is 1. The fraction of sp³-hybridized carbons (Fsp3) is 0.556. The molecule has 2 saturated heterocycles. The van der Waals surface area contributed by atoms with Crippen molar-refractivity contribution in [3.05, 3.63) is 35.4 Å². The number of carbonyl (C=O) groups is 1. The largest absolute Gasteiger partial charge is 0.368 e. The van der Waals surface area contributed by atoms with Gasteiger partial charge in [0, 0.05) is 39.3 Å². The van der Waals surface area contributed by atoms with Crippen molar-refractivity contribution in [2.45, 2.75) is 32.4 Å². The lowest BCUT2D eigenvalue weighted by Crippen LogP contribution is -2.54. The Morgan fingerprint density at radius 3 is 2.50 bits per heavy atom. The summed E-state index contributed by atoms with van der Waals surface area (Å²) >= 11 is 5.50. The molecule has 1 unspecified atom stereocenters. The standard InChI is InChI=1S/C18H25N3O2S/c1-14-4-6-15(7-5-14)13-19-18(24)21-10-8-20(9-11-21)17(22)16-3-2-12-23-16/h4-7,16H,2-3,8-13H2,1H3,(H,19,24). The molecule has 1 amide bonds. The Balaban J connectivity index is 1.43. The fourth-order valence-corrected chi connectivity index (χ4v) is 3.36. The maximum atomic E-state index is 12.3. The summed E-state index contributed by atoms with van der Waals surface area (Å²) in [5.41, 5.74) is 2.48. The van der Waals surface area contributed by atoms with E-state index in [2.05, 4.69) is 41.4 Å². The molecule has 2 fully saturated rings. The van der Waals surface area contributed by atoms with E-state index in [1.54, 1.807) is 0 Å². The minimum atomic E-state index is -0.219. The highest BCUT2D eigenvalue weighted by atomic mass is 32.1. The molecule has 24 heavy (non-hydrogen) atoms. The average molecular weight is 347 g/mol. The lowest BCUT2D eigenvalue weighted by molar-refractivity contribution is -0.142. The second kappa shape index (κ2) is 7.94. The third-order valence-corrected chi connectivity index (χ3v) is 5.05. The molecule has 6 heteroatoms. The van der Waals surface area contributed by atoms with E-state index in [0.717, 1.165) is 37.6 Å². The monoisotopic (exact) mass is 347 g/mol. The predicted octanol–water partition coefficient (Wildman–Crippen LogP) is 1.69. The van der Waals surface area contributed by atoms with Crippen LogP contribution in [0, 0.1) is 6.92 Å². The predicted molar refractivity (Wildman–Crippen MR) is 97.7 cm³/mol. The van der Waals surface area contributed by atoms with Gasteiger partial charge in [-0.15, -0.1) is 0 Å². The maximum absolute atomic E-state index is 12.3. The van der Waals surface area contributed by atoms with Crippen LogP contribution >= 0.6 is 12.2 Å². The number of nitrogens with one attached hydrogen (secondary N) is 1. The molecule has 0 radical (unpaired) electrons. The molecule has 2 heterocycles. The summed E-state index contributed by atoms with van der Waals surface area (Å²) in [6.45, 7) is 6.50. The van der Waals surface area contributed by atoms with Crippen LogP contribution in [0.3, 0.4) is 0 Å². The molecule has 130 valence electrons. The number of rotatable bonds is 3. The normalized spacial score (nSPS) is 21.0. The van der Waals surface area contributed by atoms with Gasteiger partial charge in [0.2, 0.25) is 0 Å². The lowest BCUT2D eigenvalue weighted by atomic mass is 10.1. The van der Waals surface area contributed by atoms with Gasteiger partial charge in [-0.3, -0.25) is 4.79 Å². The van der Waals surface area contributed by atoms with E-state index in [1.807, 2.05) is 4.90 Å². The van der Waals surface area contributed by atoms with Crippen LogP contribution in [-0.2, 0) is 16.1 Å². The first-order valence-electron chi connectivity index (χ1n) is 8.62. The van der Waals surface area contributed by atoms with Crippen molar-refractivity contribution in [3.63, 3.8) is 0 Å². The molecular formula is C18H25N3O2S. The van der Waals surface area contributed by atoms with E-state index in [1.165, 1.54) is 11.1 Å². The van der Waals surface area contributed by atoms with E-state index >= 15 is 0 Å². The molecule has 1 aromatic carbocycles. The molecule has 0 bridgehead atoms. The number of benzene rings is 1. The number of hydrogen-bond acceptors (Lipinski definition) is 3. The Morgan fingerprint density at radius 2 is 1.88 bits per heavy atom. The molecule has 2 aliphatic rings. The topological polar surface area (TPSA) is 44.8 Å². The van der Waals surface area contributed by atoms with Gasteiger partial charge < -0.3 is 19.9 Å². The van der Waals surface area contributed by atoms with Crippen molar-refractivity contribution in [1.29, 1.82) is 0 Å². The number of aryl methyl sites for hydroxylation is 1. The zero-order valence-electron chi connectivity index (χ0n) is 14.2. The van der Waals surface area contributed by atoms with Crippen molar-refractivity contribution < 1.29 is 9.53 Å². The molecule has 1 N–H and O–H groups in total. The quantitative estimate of drug-likeness (QED) is 0.843. The van der Waals surface area contributed by atoms with Crippen LogP contribution in [0.5, 0.6) is 0 Å². The second-order valence-corrected chi connectivity index (χ2v) is 6.84. The molecule has 1 aromatic rings. The van der Waals surface area contributed by atoms with Crippen molar-refractivity contribution in [2.24, 2.45) is 0 Å². The number of piperazine rings is 1. The molecule has 0 spiro atoms. The summed E-state index contributed by atoms with van der Waals surface area (Å²) in [7, 11) is 0. The molecule has 0 saturated carbocycles. The van der Waals surface area contributed by atoms with Gasteiger partial charge in [-0.1, -0.05) is 29.8 Å². The minimum Gasteiger partial charge on any atom is -0.368 e. The third-order valence-electron chi connectivity index (χ3n) is 4.65. The molecule has 3 rings (SSSR count). The van der Waals surface area contributed by atoms with Gasteiger partial charge in [-0.25, -0.2) is 0 Å². The summed E-state index contributed by atoms with van der Waals surface area (Å²) in [6.07, 6.45) is 1.63. The first-order valence-corrected chi connectivity index (χ1v) is 9.03. The van der Waals surface area contributed by atoms with Crippen molar-refractivity contribution >= 4 is 23.2 Å². The number of ether oxygens (including phenoxy) is 1. The first-order chi connectivity index (χ1) is 11.6. The van der Waals surface area contributed by atoms with E-state index in [-0.39, 0.29) is 12.0 Å². The van der Waals surface area contributed by atoms with Gasteiger partial charge in [-0.2, -0.15) is 0 Å². The van der Waals surface area contributed by atoms with E-state index < -0.39 is 0 Å². The average Bonchev–Trinajstić information content (AvgIpc) is 3.15. The fourth-order valence-electron chi connectivity index (χ4n) is 3.10. The van der Waals surface area contributed by atoms with Gasteiger partial charge in [-0.05, 0) is 37.5 Å². The van der Waals surface area contributed by atoms with Crippen LogP contribution in [0.15, 0.2) is 24.3 Å². The van der Waals surface area contributed by atoms with Crippen LogP contribution in [0.2, 0.25) is 0 Å². The number of amides is 1. The number of thiocarbonyl (C=S) groups is 1. The van der Waals surface area contributed by atoms with Crippen molar-refractivity contribution in [1.82, 2.24) is 15.1 Å². The van der Waals surface area contributed by atoms with E-state index in [0.29, 0.717) is 19.7 Å². The molecule has 0 aliphatic carbocycles. The van der Waals surface area contributed by atoms with E-state index in [9.17, 15) is 4.79 Å². The highest BCUT2D eigenvalue weighted by molar-refractivity contribution is 7.80. The Kier molecular flexibility index (Phi) is 5.68. The van der Waals surface area contributed by atoms with Crippen LogP contribution in [0.4, 0.5) is 0 Å². The van der Waals surface area contributed by atoms with Crippen LogP contribution in [-0.4, -0.2) is 59.7 Å². The Labute approximate surface area is 149 Å². The SMILES string of the molecule is Cc1ccc(CNC(=S)N2CCN(C(=O)C3CCCO3)CC2)cc1. The molecule has 1 atom stereocenters. The molecule has 5 nitrogen and oxygen atoms in total. The Morgan fingerprint density at radius 1 is 1.21 bits per heavy atom. The highest BCUT2D eigenvalue weighted by Crippen LogP contribution is 2.16. The lowest BCUT2D eigenvalue weighted by Gasteiger charge is -2.37. The summed E-state index contributed by atoms with van der Waals surface area (Å²) in [4.78, 5) is 16.4. The Bertz CT molecular complexity index is 576.